The fraction of sp³-hybridized carbons (Fsp3) is 0.133. The second-order valence-electron chi connectivity index (χ2n) is 4.58. The van der Waals surface area contributed by atoms with Crippen LogP contribution in [0.25, 0.3) is 22.8 Å². The number of nitrogens with two attached hydrogens (primary N) is 1. The van der Waals surface area contributed by atoms with Crippen molar-refractivity contribution >= 4 is 5.82 Å². The quantitative estimate of drug-likeness (QED) is 0.794. The molecule has 0 fully saturated rings. The summed E-state index contributed by atoms with van der Waals surface area (Å²) in [7, 11) is 1.64. The van der Waals surface area contributed by atoms with Gasteiger partial charge in [-0.3, -0.25) is 0 Å². The highest BCUT2D eigenvalue weighted by molar-refractivity contribution is 5.61. The maximum atomic E-state index is 5.56. The van der Waals surface area contributed by atoms with Crippen LogP contribution in [0, 0.1) is 6.92 Å². The molecule has 0 radical (unpaired) electrons. The number of anilines is 1. The Labute approximate surface area is 121 Å². The number of nitrogen functional groups attached to an aromatic ring is 1. The van der Waals surface area contributed by atoms with E-state index in [-0.39, 0.29) is 0 Å². The SMILES string of the molecule is COc1ccc(-c2noc(-c3ccc(N)nc3)n2)cc1C. The molecule has 0 aliphatic carbocycles. The first-order chi connectivity index (χ1) is 10.2. The minimum absolute atomic E-state index is 0.408. The highest BCUT2D eigenvalue weighted by Crippen LogP contribution is 2.26. The van der Waals surface area contributed by atoms with Crippen LogP contribution >= 0.6 is 0 Å². The van der Waals surface area contributed by atoms with Gasteiger partial charge in [0.2, 0.25) is 5.82 Å². The Bertz CT molecular complexity index is 766. The van der Waals surface area contributed by atoms with Gasteiger partial charge in [0.05, 0.1) is 12.7 Å². The number of methoxy groups -OCH3 is 1. The average Bonchev–Trinajstić information content (AvgIpc) is 2.98. The minimum Gasteiger partial charge on any atom is -0.496 e. The van der Waals surface area contributed by atoms with Crippen molar-refractivity contribution in [2.24, 2.45) is 0 Å². The van der Waals surface area contributed by atoms with E-state index in [2.05, 4.69) is 15.1 Å². The number of aryl methyl sites for hydroxylation is 1. The summed E-state index contributed by atoms with van der Waals surface area (Å²) < 4.78 is 10.5. The maximum Gasteiger partial charge on any atom is 0.259 e. The van der Waals surface area contributed by atoms with E-state index < -0.39 is 0 Å². The van der Waals surface area contributed by atoms with Gasteiger partial charge in [-0.05, 0) is 42.8 Å². The molecule has 2 N–H and O–H groups in total. The topological polar surface area (TPSA) is 87.1 Å². The lowest BCUT2D eigenvalue weighted by Crippen LogP contribution is -1.89. The van der Waals surface area contributed by atoms with Crippen molar-refractivity contribution in [2.45, 2.75) is 6.92 Å². The standard InChI is InChI=1S/C15H14N4O2/c1-9-7-10(3-5-12(9)20-2)14-18-15(21-19-14)11-4-6-13(16)17-8-11/h3-8H,1-2H3,(H2,16,17). The number of hydrogen-bond donors (Lipinski definition) is 1. The molecule has 106 valence electrons. The van der Waals surface area contributed by atoms with Crippen molar-refractivity contribution in [2.75, 3.05) is 12.8 Å². The number of aromatic nitrogens is 3. The first kappa shape index (κ1) is 13.1. The maximum absolute atomic E-state index is 5.56. The van der Waals surface area contributed by atoms with Gasteiger partial charge < -0.3 is 15.0 Å². The zero-order chi connectivity index (χ0) is 14.8. The molecule has 0 aliphatic rings. The number of nitrogens with zero attached hydrogens (tertiary/aromatic N) is 3. The largest absolute Gasteiger partial charge is 0.496 e. The minimum atomic E-state index is 0.408. The van der Waals surface area contributed by atoms with Crippen LogP contribution in [0.15, 0.2) is 41.1 Å². The number of hydrogen-bond acceptors (Lipinski definition) is 6. The van der Waals surface area contributed by atoms with Gasteiger partial charge in [0.15, 0.2) is 0 Å². The van der Waals surface area contributed by atoms with Crippen LogP contribution in [0.2, 0.25) is 0 Å². The van der Waals surface area contributed by atoms with E-state index in [1.807, 2.05) is 25.1 Å². The van der Waals surface area contributed by atoms with Gasteiger partial charge in [0.1, 0.15) is 11.6 Å². The summed E-state index contributed by atoms with van der Waals surface area (Å²) in [6, 6.07) is 9.21. The van der Waals surface area contributed by atoms with Crippen molar-refractivity contribution in [3.63, 3.8) is 0 Å². The highest BCUT2D eigenvalue weighted by Gasteiger charge is 2.12. The zero-order valence-corrected chi connectivity index (χ0v) is 11.7. The molecule has 0 unspecified atom stereocenters. The van der Waals surface area contributed by atoms with Crippen molar-refractivity contribution in [1.82, 2.24) is 15.1 Å². The molecule has 0 atom stereocenters. The fourth-order valence-electron chi connectivity index (χ4n) is 2.01. The van der Waals surface area contributed by atoms with Gasteiger partial charge in [0.25, 0.3) is 5.89 Å². The Morgan fingerprint density at radius 1 is 1.14 bits per heavy atom. The molecule has 0 spiro atoms. The van der Waals surface area contributed by atoms with E-state index >= 15 is 0 Å². The van der Waals surface area contributed by atoms with Crippen LogP contribution < -0.4 is 10.5 Å². The number of rotatable bonds is 3. The zero-order valence-electron chi connectivity index (χ0n) is 11.7. The summed E-state index contributed by atoms with van der Waals surface area (Å²) in [6.07, 6.45) is 1.60. The molecule has 0 saturated carbocycles. The molecule has 2 aromatic heterocycles. The number of pyridine rings is 1. The van der Waals surface area contributed by atoms with Crippen LogP contribution in [-0.4, -0.2) is 22.2 Å². The molecule has 21 heavy (non-hydrogen) atoms. The number of ether oxygens (including phenoxy) is 1. The summed E-state index contributed by atoms with van der Waals surface area (Å²) in [6.45, 7) is 1.97. The van der Waals surface area contributed by atoms with Crippen molar-refractivity contribution in [1.29, 1.82) is 0 Å². The Morgan fingerprint density at radius 2 is 1.95 bits per heavy atom. The van der Waals surface area contributed by atoms with Crippen molar-refractivity contribution in [3.05, 3.63) is 42.1 Å². The second kappa shape index (κ2) is 5.24. The van der Waals surface area contributed by atoms with E-state index in [0.29, 0.717) is 17.5 Å². The predicted molar refractivity (Wildman–Crippen MR) is 78.7 cm³/mol. The summed E-state index contributed by atoms with van der Waals surface area (Å²) in [5, 5.41) is 4.00. The fourth-order valence-corrected chi connectivity index (χ4v) is 2.01. The molecule has 6 nitrogen and oxygen atoms in total. The van der Waals surface area contributed by atoms with Gasteiger partial charge in [-0.25, -0.2) is 4.98 Å². The monoisotopic (exact) mass is 282 g/mol. The Kier molecular flexibility index (Phi) is 3.27. The second-order valence-corrected chi connectivity index (χ2v) is 4.58. The van der Waals surface area contributed by atoms with E-state index in [9.17, 15) is 0 Å². The van der Waals surface area contributed by atoms with Crippen LogP contribution in [0.1, 0.15) is 5.56 Å². The Hall–Kier alpha value is -2.89. The Balaban J connectivity index is 1.94. The lowest BCUT2D eigenvalue weighted by atomic mass is 10.1. The number of benzene rings is 1. The third kappa shape index (κ3) is 2.55. The van der Waals surface area contributed by atoms with Gasteiger partial charge in [-0.15, -0.1) is 0 Å². The van der Waals surface area contributed by atoms with E-state index in [1.165, 1.54) is 0 Å². The summed E-state index contributed by atoms with van der Waals surface area (Å²) in [4.78, 5) is 8.39. The summed E-state index contributed by atoms with van der Waals surface area (Å²) in [5.41, 5.74) is 8.16. The van der Waals surface area contributed by atoms with E-state index in [1.54, 1.807) is 25.4 Å². The van der Waals surface area contributed by atoms with Crippen LogP contribution in [-0.2, 0) is 0 Å². The molecule has 0 bridgehead atoms. The molecular weight excluding hydrogens is 268 g/mol. The van der Waals surface area contributed by atoms with Crippen LogP contribution in [0.4, 0.5) is 5.82 Å². The third-order valence-electron chi connectivity index (χ3n) is 3.11. The highest BCUT2D eigenvalue weighted by atomic mass is 16.5. The van der Waals surface area contributed by atoms with Crippen molar-refractivity contribution < 1.29 is 9.26 Å². The molecule has 3 aromatic rings. The van der Waals surface area contributed by atoms with Gasteiger partial charge in [-0.1, -0.05) is 5.16 Å². The molecule has 0 saturated heterocycles. The molecule has 2 heterocycles. The molecule has 6 heteroatoms. The van der Waals surface area contributed by atoms with Crippen molar-refractivity contribution in [3.8, 4) is 28.6 Å². The predicted octanol–water partition coefficient (Wildman–Crippen LogP) is 2.70. The van der Waals surface area contributed by atoms with Crippen LogP contribution in [0.5, 0.6) is 5.75 Å². The molecular formula is C15H14N4O2. The molecule has 0 aliphatic heterocycles. The molecule has 3 rings (SSSR count). The van der Waals surface area contributed by atoms with E-state index in [4.69, 9.17) is 15.0 Å². The van der Waals surface area contributed by atoms with Gasteiger partial charge in [-0.2, -0.15) is 4.98 Å². The smallest absolute Gasteiger partial charge is 0.259 e. The normalized spacial score (nSPS) is 10.6. The molecule has 0 amide bonds. The summed E-state index contributed by atoms with van der Waals surface area (Å²) >= 11 is 0. The first-order valence-electron chi connectivity index (χ1n) is 6.38. The van der Waals surface area contributed by atoms with Gasteiger partial charge in [0, 0.05) is 11.8 Å². The van der Waals surface area contributed by atoms with Gasteiger partial charge >= 0.3 is 0 Å². The lowest BCUT2D eigenvalue weighted by molar-refractivity contribution is 0.411. The summed E-state index contributed by atoms with van der Waals surface area (Å²) in [5.74, 6) is 2.20. The lowest BCUT2D eigenvalue weighted by Gasteiger charge is -2.04. The molecule has 1 aromatic carbocycles. The average molecular weight is 282 g/mol. The third-order valence-corrected chi connectivity index (χ3v) is 3.11. The Morgan fingerprint density at radius 3 is 2.62 bits per heavy atom. The van der Waals surface area contributed by atoms with Crippen LogP contribution in [0.3, 0.4) is 0 Å². The first-order valence-corrected chi connectivity index (χ1v) is 6.38. The van der Waals surface area contributed by atoms with E-state index in [0.717, 1.165) is 22.4 Å².